The summed E-state index contributed by atoms with van der Waals surface area (Å²) in [5.74, 6) is 2.03. The lowest BCUT2D eigenvalue weighted by Gasteiger charge is -2.24. The summed E-state index contributed by atoms with van der Waals surface area (Å²) in [5.41, 5.74) is 1.65. The SMILES string of the molecule is CC1=CC2CCCC[C@H]2C1. The fraction of sp³-hybridized carbons (Fsp3) is 0.800. The molecule has 0 heteroatoms. The van der Waals surface area contributed by atoms with Gasteiger partial charge in [-0.3, -0.25) is 0 Å². The van der Waals surface area contributed by atoms with E-state index in [9.17, 15) is 0 Å². The predicted octanol–water partition coefficient (Wildman–Crippen LogP) is 3.14. The molecule has 1 fully saturated rings. The summed E-state index contributed by atoms with van der Waals surface area (Å²) < 4.78 is 0. The highest BCUT2D eigenvalue weighted by atomic mass is 14.3. The lowest BCUT2D eigenvalue weighted by molar-refractivity contribution is 0.303. The van der Waals surface area contributed by atoms with Crippen LogP contribution in [-0.4, -0.2) is 0 Å². The van der Waals surface area contributed by atoms with Crippen LogP contribution < -0.4 is 0 Å². The summed E-state index contributed by atoms with van der Waals surface area (Å²) in [6.07, 6.45) is 9.86. The minimum absolute atomic E-state index is 0.980. The standard InChI is InChI=1S/C10H16/c1-8-6-9-4-2-3-5-10(9)7-8/h6,9-10H,2-5,7H2,1H3/t9?,10-/m0/s1. The van der Waals surface area contributed by atoms with Crippen LogP contribution in [0.2, 0.25) is 0 Å². The van der Waals surface area contributed by atoms with E-state index in [1.807, 2.05) is 0 Å². The molecule has 0 amide bonds. The lowest BCUT2D eigenvalue weighted by atomic mass is 9.81. The zero-order valence-corrected chi connectivity index (χ0v) is 6.77. The molecule has 2 aliphatic rings. The number of rotatable bonds is 0. The summed E-state index contributed by atoms with van der Waals surface area (Å²) in [5, 5.41) is 0. The van der Waals surface area contributed by atoms with Crippen molar-refractivity contribution in [3.8, 4) is 0 Å². The Bertz CT molecular complexity index is 155. The van der Waals surface area contributed by atoms with E-state index in [1.54, 1.807) is 5.57 Å². The summed E-state index contributed by atoms with van der Waals surface area (Å²) in [6, 6.07) is 0. The minimum Gasteiger partial charge on any atom is -0.0822 e. The topological polar surface area (TPSA) is 0 Å². The molecule has 10 heavy (non-hydrogen) atoms. The van der Waals surface area contributed by atoms with Gasteiger partial charge in [0.25, 0.3) is 0 Å². The van der Waals surface area contributed by atoms with Crippen molar-refractivity contribution in [2.24, 2.45) is 11.8 Å². The largest absolute Gasteiger partial charge is 0.0822 e. The highest BCUT2D eigenvalue weighted by Crippen LogP contribution is 2.40. The number of hydrogen-bond donors (Lipinski definition) is 0. The van der Waals surface area contributed by atoms with E-state index in [4.69, 9.17) is 0 Å². The van der Waals surface area contributed by atoms with Crippen LogP contribution in [-0.2, 0) is 0 Å². The second-order valence-electron chi connectivity index (χ2n) is 3.93. The average molecular weight is 136 g/mol. The molecule has 0 saturated heterocycles. The third-order valence-electron chi connectivity index (χ3n) is 3.05. The van der Waals surface area contributed by atoms with Gasteiger partial charge in [-0.2, -0.15) is 0 Å². The quantitative estimate of drug-likeness (QED) is 0.449. The number of allylic oxidation sites excluding steroid dienone is 2. The summed E-state index contributed by atoms with van der Waals surface area (Å²) in [6.45, 7) is 2.29. The summed E-state index contributed by atoms with van der Waals surface area (Å²) >= 11 is 0. The zero-order valence-electron chi connectivity index (χ0n) is 6.77. The second kappa shape index (κ2) is 2.41. The van der Waals surface area contributed by atoms with E-state index in [0.29, 0.717) is 0 Å². The van der Waals surface area contributed by atoms with Crippen molar-refractivity contribution in [1.29, 1.82) is 0 Å². The zero-order chi connectivity index (χ0) is 6.97. The molecule has 0 heterocycles. The Morgan fingerprint density at radius 2 is 2.10 bits per heavy atom. The third-order valence-corrected chi connectivity index (χ3v) is 3.05. The fourth-order valence-corrected chi connectivity index (χ4v) is 2.56. The molecule has 0 nitrogen and oxygen atoms in total. The molecule has 2 atom stereocenters. The van der Waals surface area contributed by atoms with Gasteiger partial charge in [0, 0.05) is 0 Å². The molecule has 1 unspecified atom stereocenters. The van der Waals surface area contributed by atoms with Gasteiger partial charge in [0.2, 0.25) is 0 Å². The molecule has 0 aromatic heterocycles. The highest BCUT2D eigenvalue weighted by molar-refractivity contribution is 5.12. The normalized spacial score (nSPS) is 39.1. The van der Waals surface area contributed by atoms with Crippen molar-refractivity contribution in [3.63, 3.8) is 0 Å². The Morgan fingerprint density at radius 3 is 2.90 bits per heavy atom. The average Bonchev–Trinajstić information content (AvgIpc) is 2.27. The first-order chi connectivity index (χ1) is 4.86. The van der Waals surface area contributed by atoms with Crippen LogP contribution in [0.3, 0.4) is 0 Å². The Hall–Kier alpha value is -0.260. The molecule has 0 aliphatic heterocycles. The van der Waals surface area contributed by atoms with E-state index in [2.05, 4.69) is 13.0 Å². The molecule has 0 N–H and O–H groups in total. The van der Waals surface area contributed by atoms with E-state index in [0.717, 1.165) is 11.8 Å². The second-order valence-corrected chi connectivity index (χ2v) is 3.93. The molecule has 0 spiro atoms. The summed E-state index contributed by atoms with van der Waals surface area (Å²) in [4.78, 5) is 0. The Morgan fingerprint density at radius 1 is 1.30 bits per heavy atom. The third kappa shape index (κ3) is 1.00. The van der Waals surface area contributed by atoms with Crippen LogP contribution in [0.5, 0.6) is 0 Å². The van der Waals surface area contributed by atoms with Gasteiger partial charge in [0.15, 0.2) is 0 Å². The molecule has 2 aliphatic carbocycles. The van der Waals surface area contributed by atoms with Gasteiger partial charge in [-0.05, 0) is 38.0 Å². The molecular formula is C10H16. The van der Waals surface area contributed by atoms with Gasteiger partial charge in [-0.1, -0.05) is 24.5 Å². The Kier molecular flexibility index (Phi) is 1.55. The summed E-state index contributed by atoms with van der Waals surface area (Å²) in [7, 11) is 0. The van der Waals surface area contributed by atoms with E-state index >= 15 is 0 Å². The van der Waals surface area contributed by atoms with Crippen LogP contribution in [0.25, 0.3) is 0 Å². The lowest BCUT2D eigenvalue weighted by Crippen LogP contribution is -2.12. The first-order valence-corrected chi connectivity index (χ1v) is 4.53. The van der Waals surface area contributed by atoms with Gasteiger partial charge >= 0.3 is 0 Å². The molecule has 0 bridgehead atoms. The molecule has 2 rings (SSSR count). The van der Waals surface area contributed by atoms with E-state index < -0.39 is 0 Å². The first kappa shape index (κ1) is 6.45. The smallest absolute Gasteiger partial charge is 0.0200 e. The maximum Gasteiger partial charge on any atom is -0.0200 e. The van der Waals surface area contributed by atoms with Crippen molar-refractivity contribution >= 4 is 0 Å². The first-order valence-electron chi connectivity index (χ1n) is 4.53. The minimum atomic E-state index is 0.980. The number of fused-ring (bicyclic) bond motifs is 1. The molecule has 56 valence electrons. The van der Waals surface area contributed by atoms with Crippen LogP contribution in [0, 0.1) is 11.8 Å². The molecule has 1 saturated carbocycles. The Balaban J connectivity index is 2.06. The van der Waals surface area contributed by atoms with Crippen molar-refractivity contribution in [2.45, 2.75) is 39.0 Å². The predicted molar refractivity (Wildman–Crippen MR) is 43.8 cm³/mol. The van der Waals surface area contributed by atoms with E-state index in [-0.39, 0.29) is 0 Å². The van der Waals surface area contributed by atoms with Crippen molar-refractivity contribution in [3.05, 3.63) is 11.6 Å². The van der Waals surface area contributed by atoms with Crippen LogP contribution in [0.4, 0.5) is 0 Å². The maximum atomic E-state index is 2.52. The van der Waals surface area contributed by atoms with Crippen molar-refractivity contribution in [2.75, 3.05) is 0 Å². The molecule has 0 aromatic rings. The molecule has 0 aromatic carbocycles. The van der Waals surface area contributed by atoms with Gasteiger partial charge in [0.1, 0.15) is 0 Å². The van der Waals surface area contributed by atoms with Gasteiger partial charge in [-0.15, -0.1) is 0 Å². The van der Waals surface area contributed by atoms with Crippen LogP contribution >= 0.6 is 0 Å². The molecular weight excluding hydrogens is 120 g/mol. The number of hydrogen-bond acceptors (Lipinski definition) is 0. The van der Waals surface area contributed by atoms with Gasteiger partial charge in [0.05, 0.1) is 0 Å². The highest BCUT2D eigenvalue weighted by Gasteiger charge is 2.27. The van der Waals surface area contributed by atoms with Crippen LogP contribution in [0.15, 0.2) is 11.6 Å². The van der Waals surface area contributed by atoms with Gasteiger partial charge in [-0.25, -0.2) is 0 Å². The molecule has 0 radical (unpaired) electrons. The van der Waals surface area contributed by atoms with Crippen molar-refractivity contribution < 1.29 is 0 Å². The fourth-order valence-electron chi connectivity index (χ4n) is 2.56. The van der Waals surface area contributed by atoms with E-state index in [1.165, 1.54) is 32.1 Å². The monoisotopic (exact) mass is 136 g/mol. The van der Waals surface area contributed by atoms with Gasteiger partial charge < -0.3 is 0 Å². The van der Waals surface area contributed by atoms with Crippen LogP contribution in [0.1, 0.15) is 39.0 Å². The maximum absolute atomic E-state index is 2.52. The Labute approximate surface area is 63.3 Å². The van der Waals surface area contributed by atoms with Crippen molar-refractivity contribution in [1.82, 2.24) is 0 Å².